The number of amides is 1. The first-order valence-corrected chi connectivity index (χ1v) is 13.3. The maximum absolute atomic E-state index is 13.5. The van der Waals surface area contributed by atoms with Gasteiger partial charge in [0.1, 0.15) is 12.4 Å². The molecule has 2 aliphatic rings. The van der Waals surface area contributed by atoms with Crippen LogP contribution in [0.4, 0.5) is 0 Å². The number of hydrogen-bond acceptors (Lipinski definition) is 5. The van der Waals surface area contributed by atoms with Gasteiger partial charge in [-0.25, -0.2) is 0 Å². The molecule has 1 amide bonds. The molecule has 0 bridgehead atoms. The fraction of sp³-hybridized carbons (Fsp3) is 0.643. The summed E-state index contributed by atoms with van der Waals surface area (Å²) in [6.45, 7) is 6.93. The van der Waals surface area contributed by atoms with Crippen LogP contribution in [0.25, 0.3) is 0 Å². The van der Waals surface area contributed by atoms with E-state index in [4.69, 9.17) is 9.47 Å². The van der Waals surface area contributed by atoms with Gasteiger partial charge in [0.25, 0.3) is 0 Å². The van der Waals surface area contributed by atoms with Gasteiger partial charge in [-0.1, -0.05) is 25.5 Å². The van der Waals surface area contributed by atoms with Crippen LogP contribution in [-0.4, -0.2) is 66.4 Å². The van der Waals surface area contributed by atoms with Crippen molar-refractivity contribution in [1.29, 1.82) is 0 Å². The smallest absolute Gasteiger partial charge is 0.229 e. The Kier molecular flexibility index (Phi) is 8.84. The van der Waals surface area contributed by atoms with Crippen molar-refractivity contribution in [2.24, 2.45) is 5.41 Å². The van der Waals surface area contributed by atoms with Gasteiger partial charge < -0.3 is 19.3 Å². The lowest BCUT2D eigenvalue weighted by atomic mass is 9.68. The summed E-state index contributed by atoms with van der Waals surface area (Å²) in [4.78, 5) is 17.9. The topological polar surface area (TPSA) is 70.7 Å². The lowest BCUT2D eigenvalue weighted by Crippen LogP contribution is -2.37. The lowest BCUT2D eigenvalue weighted by Gasteiger charge is -2.36. The van der Waals surface area contributed by atoms with E-state index in [2.05, 4.69) is 46.1 Å². The van der Waals surface area contributed by atoms with Crippen LogP contribution < -0.4 is 4.74 Å². The Balaban J connectivity index is 1.30. The number of benzene rings is 1. The zero-order valence-corrected chi connectivity index (χ0v) is 21.7. The predicted molar refractivity (Wildman–Crippen MR) is 137 cm³/mol. The summed E-state index contributed by atoms with van der Waals surface area (Å²) in [5.41, 5.74) is 3.59. The van der Waals surface area contributed by atoms with Gasteiger partial charge in [0.15, 0.2) is 0 Å². The van der Waals surface area contributed by atoms with Gasteiger partial charge >= 0.3 is 0 Å². The summed E-state index contributed by atoms with van der Waals surface area (Å²) >= 11 is 0. The summed E-state index contributed by atoms with van der Waals surface area (Å²) in [5.74, 6) is 1.66. The molecular formula is C28H42N4O3. The fourth-order valence-electron chi connectivity index (χ4n) is 5.72. The van der Waals surface area contributed by atoms with E-state index in [1.807, 2.05) is 18.3 Å². The molecule has 0 atom stereocenters. The summed E-state index contributed by atoms with van der Waals surface area (Å²) < 4.78 is 10.7. The van der Waals surface area contributed by atoms with E-state index in [0.29, 0.717) is 31.6 Å². The van der Waals surface area contributed by atoms with Crippen molar-refractivity contribution in [2.75, 3.05) is 40.5 Å². The Bertz CT molecular complexity index is 934. The van der Waals surface area contributed by atoms with Crippen LogP contribution in [0.15, 0.2) is 30.5 Å². The highest BCUT2D eigenvalue weighted by molar-refractivity contribution is 5.85. The van der Waals surface area contributed by atoms with Crippen molar-refractivity contribution in [3.63, 3.8) is 0 Å². The molecule has 1 saturated heterocycles. The maximum Gasteiger partial charge on any atom is 0.229 e. The third kappa shape index (κ3) is 6.25. The molecule has 7 nitrogen and oxygen atoms in total. The quantitative estimate of drug-likeness (QED) is 0.443. The average molecular weight is 483 g/mol. The first-order valence-electron chi connectivity index (χ1n) is 13.3. The molecule has 35 heavy (non-hydrogen) atoms. The molecule has 0 unspecified atom stereocenters. The number of nitrogens with one attached hydrogen (secondary N) is 1. The van der Waals surface area contributed by atoms with Gasteiger partial charge in [0.2, 0.25) is 5.91 Å². The van der Waals surface area contributed by atoms with Crippen LogP contribution in [0.3, 0.4) is 0 Å². The molecule has 2 heterocycles. The molecule has 0 radical (unpaired) electrons. The van der Waals surface area contributed by atoms with Gasteiger partial charge in [-0.05, 0) is 69.8 Å². The number of nitrogens with zero attached hydrogens (tertiary/aromatic N) is 3. The van der Waals surface area contributed by atoms with Crippen LogP contribution in [0.2, 0.25) is 0 Å². The number of H-pyrrole nitrogens is 1. The second kappa shape index (κ2) is 12.0. The molecule has 4 rings (SSSR count). The first-order chi connectivity index (χ1) is 17.0. The Hall–Kier alpha value is -2.38. The standard InChI is InChI=1S/C28H42N4O3/c1-4-5-15-31(2)21-24-19-29-30-26(24)23-10-12-28(13-11-23)14-16-32(27(28)33)20-22-6-8-25(9-7-22)35-18-17-34-3/h6-9,19,23H,4-5,10-18,20-21H2,1-3H3,(H,29,30). The van der Waals surface area contributed by atoms with E-state index in [9.17, 15) is 4.79 Å². The molecule has 1 aromatic carbocycles. The minimum atomic E-state index is -0.169. The second-order valence-corrected chi connectivity index (χ2v) is 10.4. The summed E-state index contributed by atoms with van der Waals surface area (Å²) in [7, 11) is 3.86. The molecule has 1 aliphatic heterocycles. The molecular weight excluding hydrogens is 440 g/mol. The average Bonchev–Trinajstić information content (AvgIpc) is 3.45. The maximum atomic E-state index is 13.5. The van der Waals surface area contributed by atoms with Crippen LogP contribution in [0, 0.1) is 5.41 Å². The van der Waals surface area contributed by atoms with Crippen molar-refractivity contribution in [1.82, 2.24) is 20.0 Å². The monoisotopic (exact) mass is 482 g/mol. The van der Waals surface area contributed by atoms with Crippen LogP contribution in [-0.2, 0) is 22.6 Å². The Morgan fingerprint density at radius 2 is 1.94 bits per heavy atom. The number of aromatic amines is 1. The number of carbonyl (C=O) groups is 1. The minimum Gasteiger partial charge on any atom is -0.491 e. The third-order valence-electron chi connectivity index (χ3n) is 7.89. The van der Waals surface area contributed by atoms with Gasteiger partial charge in [0, 0.05) is 43.9 Å². The Labute approximate surface area is 210 Å². The van der Waals surface area contributed by atoms with Gasteiger partial charge in [-0.3, -0.25) is 9.89 Å². The molecule has 1 aromatic heterocycles. The highest BCUT2D eigenvalue weighted by Gasteiger charge is 2.48. The van der Waals surface area contributed by atoms with Crippen LogP contribution in [0.5, 0.6) is 5.75 Å². The van der Waals surface area contributed by atoms with E-state index in [-0.39, 0.29) is 5.41 Å². The minimum absolute atomic E-state index is 0.169. The predicted octanol–water partition coefficient (Wildman–Crippen LogP) is 4.74. The Morgan fingerprint density at radius 3 is 2.66 bits per heavy atom. The lowest BCUT2D eigenvalue weighted by molar-refractivity contribution is -0.138. The van der Waals surface area contributed by atoms with Gasteiger partial charge in [-0.2, -0.15) is 5.10 Å². The highest BCUT2D eigenvalue weighted by Crippen LogP contribution is 2.49. The molecule has 2 aromatic rings. The second-order valence-electron chi connectivity index (χ2n) is 10.4. The van der Waals surface area contributed by atoms with Crippen LogP contribution in [0.1, 0.15) is 74.6 Å². The van der Waals surface area contributed by atoms with E-state index in [0.717, 1.165) is 63.1 Å². The zero-order chi connectivity index (χ0) is 24.7. The molecule has 192 valence electrons. The van der Waals surface area contributed by atoms with Crippen molar-refractivity contribution >= 4 is 5.91 Å². The number of methoxy groups -OCH3 is 1. The number of unbranched alkanes of at least 4 members (excludes halogenated alkanes) is 1. The zero-order valence-electron chi connectivity index (χ0n) is 21.7. The summed E-state index contributed by atoms with van der Waals surface area (Å²) in [5, 5.41) is 7.68. The van der Waals surface area contributed by atoms with E-state index < -0.39 is 0 Å². The Morgan fingerprint density at radius 1 is 1.17 bits per heavy atom. The largest absolute Gasteiger partial charge is 0.491 e. The third-order valence-corrected chi connectivity index (χ3v) is 7.89. The van der Waals surface area contributed by atoms with Crippen molar-refractivity contribution in [3.8, 4) is 5.75 Å². The van der Waals surface area contributed by atoms with Crippen molar-refractivity contribution in [2.45, 2.75) is 70.9 Å². The number of carbonyl (C=O) groups excluding carboxylic acids is 1. The van der Waals surface area contributed by atoms with E-state index >= 15 is 0 Å². The van der Waals surface area contributed by atoms with Crippen molar-refractivity contribution in [3.05, 3.63) is 47.3 Å². The molecule has 1 aliphatic carbocycles. The number of ether oxygens (including phenoxy) is 2. The molecule has 1 saturated carbocycles. The number of rotatable bonds is 12. The molecule has 7 heteroatoms. The number of likely N-dealkylation sites (tertiary alicyclic amines) is 1. The summed E-state index contributed by atoms with van der Waals surface area (Å²) in [6, 6.07) is 8.09. The normalized spacial score (nSPS) is 22.5. The molecule has 2 fully saturated rings. The fourth-order valence-corrected chi connectivity index (χ4v) is 5.72. The molecule has 1 N–H and O–H groups in total. The first kappa shape index (κ1) is 25.7. The van der Waals surface area contributed by atoms with E-state index in [1.54, 1.807) is 7.11 Å². The summed E-state index contributed by atoms with van der Waals surface area (Å²) in [6.07, 6.45) is 9.48. The van der Waals surface area contributed by atoms with Gasteiger partial charge in [-0.15, -0.1) is 0 Å². The van der Waals surface area contributed by atoms with Gasteiger partial charge in [0.05, 0.1) is 18.2 Å². The highest BCUT2D eigenvalue weighted by atomic mass is 16.5. The SMILES string of the molecule is CCCCN(C)Cc1cn[nH]c1C1CCC2(CC1)CCN(Cc1ccc(OCCOC)cc1)C2=O. The van der Waals surface area contributed by atoms with Crippen LogP contribution >= 0.6 is 0 Å². The number of aromatic nitrogens is 2. The number of hydrogen-bond donors (Lipinski definition) is 1. The molecule has 1 spiro atoms. The van der Waals surface area contributed by atoms with Crippen molar-refractivity contribution < 1.29 is 14.3 Å². The van der Waals surface area contributed by atoms with E-state index in [1.165, 1.54) is 24.1 Å².